The topological polar surface area (TPSA) is 82.5 Å². The lowest BCUT2D eigenvalue weighted by Gasteiger charge is -2.32. The highest BCUT2D eigenvalue weighted by Gasteiger charge is 2.29. The number of nitrogens with one attached hydrogen (secondary N) is 1. The number of carbonyl (C=O) groups excluding carboxylic acids is 1. The molecular weight excluding hydrogens is 341 g/mol. The van der Waals surface area contributed by atoms with Crippen molar-refractivity contribution in [3.05, 3.63) is 58.3 Å². The lowest BCUT2D eigenvalue weighted by molar-refractivity contribution is -0.125. The van der Waals surface area contributed by atoms with Gasteiger partial charge in [0.1, 0.15) is 24.2 Å². The predicted molar refractivity (Wildman–Crippen MR) is 91.4 cm³/mol. The van der Waals surface area contributed by atoms with Crippen LogP contribution in [0.5, 0.6) is 5.75 Å². The third-order valence-corrected chi connectivity index (χ3v) is 4.02. The molecule has 1 fully saturated rings. The molecule has 0 aliphatic carbocycles. The van der Waals surface area contributed by atoms with Gasteiger partial charge in [0.25, 0.3) is 5.56 Å². The van der Waals surface area contributed by atoms with Gasteiger partial charge in [0.05, 0.1) is 24.9 Å². The maximum Gasteiger partial charge on any atom is 0.267 e. The van der Waals surface area contributed by atoms with Crippen LogP contribution in [0.25, 0.3) is 0 Å². The molecule has 7 nitrogen and oxygen atoms in total. The number of rotatable bonds is 5. The molecule has 0 saturated carbocycles. The fraction of sp³-hybridized carbons (Fsp3) is 0.389. The largest absolute Gasteiger partial charge is 0.488 e. The van der Waals surface area contributed by atoms with E-state index in [0.29, 0.717) is 24.5 Å². The molecule has 2 heterocycles. The monoisotopic (exact) mass is 361 g/mol. The Labute approximate surface area is 149 Å². The third kappa shape index (κ3) is 4.66. The van der Waals surface area contributed by atoms with E-state index >= 15 is 0 Å². The quantitative estimate of drug-likeness (QED) is 0.861. The molecule has 2 aromatic rings. The Kier molecular flexibility index (Phi) is 5.62. The van der Waals surface area contributed by atoms with Gasteiger partial charge in [-0.3, -0.25) is 9.59 Å². The van der Waals surface area contributed by atoms with E-state index in [-0.39, 0.29) is 36.5 Å². The summed E-state index contributed by atoms with van der Waals surface area (Å²) >= 11 is 0. The molecule has 2 atom stereocenters. The lowest BCUT2D eigenvalue weighted by Crippen LogP contribution is -2.52. The molecule has 0 spiro atoms. The van der Waals surface area contributed by atoms with Crippen LogP contribution >= 0.6 is 0 Å². The van der Waals surface area contributed by atoms with Crippen LogP contribution in [0.4, 0.5) is 4.39 Å². The van der Waals surface area contributed by atoms with E-state index in [1.165, 1.54) is 18.2 Å². The predicted octanol–water partition coefficient (Wildman–Crippen LogP) is 1.04. The Balaban J connectivity index is 1.65. The van der Waals surface area contributed by atoms with Crippen LogP contribution in [0.1, 0.15) is 12.1 Å². The summed E-state index contributed by atoms with van der Waals surface area (Å²) in [4.78, 5) is 24.1. The van der Waals surface area contributed by atoms with Crippen molar-refractivity contribution >= 4 is 5.91 Å². The SMILES string of the molecule is Cc1ccc(=O)n(CC(=O)N[C@@H]2COCC[C@@H]2Oc2cccc(F)c2)n1. The first-order chi connectivity index (χ1) is 12.5. The van der Waals surface area contributed by atoms with Crippen molar-refractivity contribution in [2.45, 2.75) is 32.0 Å². The van der Waals surface area contributed by atoms with Crippen LogP contribution in [-0.2, 0) is 16.1 Å². The summed E-state index contributed by atoms with van der Waals surface area (Å²) < 4.78 is 25.7. The summed E-state index contributed by atoms with van der Waals surface area (Å²) in [5.41, 5.74) is 0.295. The number of amides is 1. The normalized spacial score (nSPS) is 19.8. The Morgan fingerprint density at radius 3 is 3.08 bits per heavy atom. The number of hydrogen-bond acceptors (Lipinski definition) is 5. The Morgan fingerprint density at radius 1 is 1.42 bits per heavy atom. The van der Waals surface area contributed by atoms with E-state index in [9.17, 15) is 14.0 Å². The minimum Gasteiger partial charge on any atom is -0.488 e. The zero-order valence-corrected chi connectivity index (χ0v) is 14.4. The van der Waals surface area contributed by atoms with Crippen LogP contribution in [-0.4, -0.2) is 41.0 Å². The zero-order valence-electron chi connectivity index (χ0n) is 14.4. The standard InChI is InChI=1S/C18H20FN3O4/c1-12-5-6-18(24)22(21-12)10-17(23)20-15-11-25-8-7-16(15)26-14-4-2-3-13(19)9-14/h2-6,9,15-16H,7-8,10-11H2,1H3,(H,20,23)/t15-,16+/m1/s1. The molecule has 1 aromatic heterocycles. The second-order valence-corrected chi connectivity index (χ2v) is 6.12. The fourth-order valence-electron chi connectivity index (χ4n) is 2.76. The molecule has 0 bridgehead atoms. The van der Waals surface area contributed by atoms with Gasteiger partial charge in [0, 0.05) is 18.6 Å². The average Bonchev–Trinajstić information content (AvgIpc) is 2.60. The van der Waals surface area contributed by atoms with Gasteiger partial charge in [0.2, 0.25) is 5.91 Å². The zero-order chi connectivity index (χ0) is 18.5. The molecule has 0 radical (unpaired) electrons. The van der Waals surface area contributed by atoms with Gasteiger partial charge in [-0.05, 0) is 25.1 Å². The summed E-state index contributed by atoms with van der Waals surface area (Å²) in [6.07, 6.45) is 0.209. The molecule has 0 unspecified atom stereocenters. The van der Waals surface area contributed by atoms with Crippen molar-refractivity contribution in [3.63, 3.8) is 0 Å². The van der Waals surface area contributed by atoms with E-state index in [1.54, 1.807) is 25.1 Å². The van der Waals surface area contributed by atoms with Crippen molar-refractivity contribution in [1.82, 2.24) is 15.1 Å². The second-order valence-electron chi connectivity index (χ2n) is 6.12. The molecule has 1 aromatic carbocycles. The molecule has 8 heteroatoms. The minimum absolute atomic E-state index is 0.191. The number of aromatic nitrogens is 2. The van der Waals surface area contributed by atoms with Gasteiger partial charge in [0.15, 0.2) is 0 Å². The number of benzene rings is 1. The highest BCUT2D eigenvalue weighted by Crippen LogP contribution is 2.19. The van der Waals surface area contributed by atoms with Crippen LogP contribution in [0.15, 0.2) is 41.2 Å². The number of ether oxygens (including phenoxy) is 2. The van der Waals surface area contributed by atoms with E-state index in [0.717, 1.165) is 4.68 Å². The molecule has 1 aliphatic heterocycles. The summed E-state index contributed by atoms with van der Waals surface area (Å²) in [6, 6.07) is 8.41. The average molecular weight is 361 g/mol. The summed E-state index contributed by atoms with van der Waals surface area (Å²) in [5.74, 6) is -0.360. The van der Waals surface area contributed by atoms with Crippen molar-refractivity contribution in [2.75, 3.05) is 13.2 Å². The first-order valence-corrected chi connectivity index (χ1v) is 8.35. The van der Waals surface area contributed by atoms with Gasteiger partial charge in [-0.15, -0.1) is 0 Å². The van der Waals surface area contributed by atoms with Crippen LogP contribution in [0.3, 0.4) is 0 Å². The summed E-state index contributed by atoms with van der Waals surface area (Å²) in [5, 5.41) is 6.86. The number of halogens is 1. The number of nitrogens with zero attached hydrogens (tertiary/aromatic N) is 2. The first-order valence-electron chi connectivity index (χ1n) is 8.35. The van der Waals surface area contributed by atoms with E-state index < -0.39 is 6.04 Å². The maximum absolute atomic E-state index is 13.3. The fourth-order valence-corrected chi connectivity index (χ4v) is 2.76. The number of carbonyl (C=O) groups is 1. The number of hydrogen-bond donors (Lipinski definition) is 1. The summed E-state index contributed by atoms with van der Waals surface area (Å²) in [7, 11) is 0. The molecule has 1 aliphatic rings. The Bertz CT molecular complexity index is 839. The molecular formula is C18H20FN3O4. The Morgan fingerprint density at radius 2 is 2.27 bits per heavy atom. The van der Waals surface area contributed by atoms with E-state index in [1.807, 2.05) is 0 Å². The van der Waals surface area contributed by atoms with Crippen molar-refractivity contribution in [3.8, 4) is 5.75 Å². The van der Waals surface area contributed by atoms with Crippen LogP contribution in [0, 0.1) is 12.7 Å². The van der Waals surface area contributed by atoms with Gasteiger partial charge >= 0.3 is 0 Å². The lowest BCUT2D eigenvalue weighted by atomic mass is 10.1. The molecule has 26 heavy (non-hydrogen) atoms. The second kappa shape index (κ2) is 8.09. The molecule has 1 saturated heterocycles. The molecule has 1 N–H and O–H groups in total. The van der Waals surface area contributed by atoms with E-state index in [4.69, 9.17) is 9.47 Å². The first kappa shape index (κ1) is 18.1. The summed E-state index contributed by atoms with van der Waals surface area (Å²) in [6.45, 7) is 2.32. The molecule has 1 amide bonds. The van der Waals surface area contributed by atoms with Gasteiger partial charge < -0.3 is 14.8 Å². The van der Waals surface area contributed by atoms with Gasteiger partial charge in [-0.2, -0.15) is 5.10 Å². The van der Waals surface area contributed by atoms with Gasteiger partial charge in [-0.25, -0.2) is 9.07 Å². The van der Waals surface area contributed by atoms with Crippen LogP contribution in [0.2, 0.25) is 0 Å². The highest BCUT2D eigenvalue weighted by molar-refractivity contribution is 5.76. The minimum atomic E-state index is -0.403. The van der Waals surface area contributed by atoms with Gasteiger partial charge in [-0.1, -0.05) is 6.07 Å². The Hall–Kier alpha value is -2.74. The maximum atomic E-state index is 13.3. The van der Waals surface area contributed by atoms with Crippen molar-refractivity contribution in [2.24, 2.45) is 0 Å². The molecule has 3 rings (SSSR count). The van der Waals surface area contributed by atoms with Crippen LogP contribution < -0.4 is 15.6 Å². The number of aryl methyl sites for hydroxylation is 1. The highest BCUT2D eigenvalue weighted by atomic mass is 19.1. The van der Waals surface area contributed by atoms with E-state index in [2.05, 4.69) is 10.4 Å². The molecule has 138 valence electrons. The smallest absolute Gasteiger partial charge is 0.267 e. The van der Waals surface area contributed by atoms with Crippen molar-refractivity contribution in [1.29, 1.82) is 0 Å². The van der Waals surface area contributed by atoms with Crippen molar-refractivity contribution < 1.29 is 18.7 Å². The third-order valence-electron chi connectivity index (χ3n) is 4.02.